The standard InChI is InChI=1S/C18H29N3/c1-17(2)7-5-12(6-8-17)16-20-11-13-14(19)9-18(3,4)10-15(13)21-16/h11-12,14H,5-10,19H2,1-4H3. The molecule has 0 spiro atoms. The third-order valence-electron chi connectivity index (χ3n) is 5.44. The average Bonchev–Trinajstić information content (AvgIpc) is 2.36. The first-order valence-corrected chi connectivity index (χ1v) is 8.37. The van der Waals surface area contributed by atoms with Crippen molar-refractivity contribution < 1.29 is 0 Å². The van der Waals surface area contributed by atoms with Gasteiger partial charge >= 0.3 is 0 Å². The van der Waals surface area contributed by atoms with Crippen LogP contribution in [0.2, 0.25) is 0 Å². The van der Waals surface area contributed by atoms with Gasteiger partial charge in [-0.15, -0.1) is 0 Å². The van der Waals surface area contributed by atoms with Gasteiger partial charge in [0.25, 0.3) is 0 Å². The lowest BCUT2D eigenvalue weighted by Gasteiger charge is -2.36. The minimum absolute atomic E-state index is 0.100. The maximum atomic E-state index is 6.31. The molecule has 1 atom stereocenters. The molecule has 1 aromatic heterocycles. The molecule has 2 aliphatic carbocycles. The first-order chi connectivity index (χ1) is 9.76. The zero-order chi connectivity index (χ0) is 15.3. The summed E-state index contributed by atoms with van der Waals surface area (Å²) in [5, 5.41) is 0. The predicted molar refractivity (Wildman–Crippen MR) is 86.1 cm³/mol. The topological polar surface area (TPSA) is 51.8 Å². The molecular formula is C18H29N3. The van der Waals surface area contributed by atoms with Crippen molar-refractivity contribution >= 4 is 0 Å². The van der Waals surface area contributed by atoms with E-state index in [1.165, 1.54) is 36.9 Å². The second-order valence-electron chi connectivity index (χ2n) is 8.72. The summed E-state index contributed by atoms with van der Waals surface area (Å²) in [6.07, 6.45) is 9.08. The summed E-state index contributed by atoms with van der Waals surface area (Å²) < 4.78 is 0. The summed E-state index contributed by atoms with van der Waals surface area (Å²) in [4.78, 5) is 9.61. The maximum Gasteiger partial charge on any atom is 0.131 e. The second kappa shape index (κ2) is 5.05. The van der Waals surface area contributed by atoms with Gasteiger partial charge in [-0.2, -0.15) is 0 Å². The summed E-state index contributed by atoms with van der Waals surface area (Å²) in [5.74, 6) is 1.61. The molecule has 21 heavy (non-hydrogen) atoms. The number of rotatable bonds is 1. The van der Waals surface area contributed by atoms with Gasteiger partial charge in [-0.05, 0) is 49.4 Å². The Bertz CT molecular complexity index is 523. The molecule has 0 aliphatic heterocycles. The van der Waals surface area contributed by atoms with Gasteiger partial charge < -0.3 is 5.73 Å². The van der Waals surface area contributed by atoms with Crippen molar-refractivity contribution in [3.8, 4) is 0 Å². The van der Waals surface area contributed by atoms with Crippen LogP contribution in [0, 0.1) is 10.8 Å². The fourth-order valence-corrected chi connectivity index (χ4v) is 3.98. The van der Waals surface area contributed by atoms with E-state index >= 15 is 0 Å². The summed E-state index contributed by atoms with van der Waals surface area (Å²) in [6, 6.07) is 0.100. The predicted octanol–water partition coefficient (Wildman–Crippen LogP) is 4.13. The van der Waals surface area contributed by atoms with Crippen LogP contribution in [-0.2, 0) is 6.42 Å². The molecular weight excluding hydrogens is 258 g/mol. The van der Waals surface area contributed by atoms with Gasteiger partial charge in [0.15, 0.2) is 0 Å². The van der Waals surface area contributed by atoms with Crippen molar-refractivity contribution in [2.45, 2.75) is 78.2 Å². The van der Waals surface area contributed by atoms with Gasteiger partial charge in [-0.3, -0.25) is 0 Å². The van der Waals surface area contributed by atoms with Gasteiger partial charge in [-0.1, -0.05) is 27.7 Å². The summed E-state index contributed by atoms with van der Waals surface area (Å²) in [7, 11) is 0. The highest BCUT2D eigenvalue weighted by atomic mass is 14.9. The first kappa shape index (κ1) is 15.0. The minimum atomic E-state index is 0.100. The van der Waals surface area contributed by atoms with Crippen LogP contribution in [0.4, 0.5) is 0 Å². The van der Waals surface area contributed by atoms with E-state index in [2.05, 4.69) is 32.7 Å². The Labute approximate surface area is 128 Å². The lowest BCUT2D eigenvalue weighted by Crippen LogP contribution is -2.31. The molecule has 3 nitrogen and oxygen atoms in total. The Hall–Kier alpha value is -0.960. The third kappa shape index (κ3) is 3.13. The monoisotopic (exact) mass is 287 g/mol. The zero-order valence-electron chi connectivity index (χ0n) is 13.9. The molecule has 2 aliphatic rings. The molecule has 3 rings (SSSR count). The lowest BCUT2D eigenvalue weighted by atomic mass is 9.72. The Morgan fingerprint density at radius 3 is 2.43 bits per heavy atom. The molecule has 1 saturated carbocycles. The molecule has 2 N–H and O–H groups in total. The van der Waals surface area contributed by atoms with Crippen molar-refractivity contribution in [3.63, 3.8) is 0 Å². The molecule has 1 fully saturated rings. The number of hydrogen-bond acceptors (Lipinski definition) is 3. The quantitative estimate of drug-likeness (QED) is 0.845. The largest absolute Gasteiger partial charge is 0.324 e. The summed E-state index contributed by atoms with van der Waals surface area (Å²) >= 11 is 0. The minimum Gasteiger partial charge on any atom is -0.324 e. The number of hydrogen-bond donors (Lipinski definition) is 1. The van der Waals surface area contributed by atoms with Gasteiger partial charge in [0, 0.05) is 29.4 Å². The molecule has 1 heterocycles. The van der Waals surface area contributed by atoms with Crippen molar-refractivity contribution in [2.24, 2.45) is 16.6 Å². The molecule has 116 valence electrons. The van der Waals surface area contributed by atoms with E-state index in [9.17, 15) is 0 Å². The van der Waals surface area contributed by atoms with Gasteiger partial charge in [0.05, 0.1) is 0 Å². The van der Waals surface area contributed by atoms with E-state index in [1.807, 2.05) is 6.20 Å². The van der Waals surface area contributed by atoms with Crippen LogP contribution in [0.1, 0.15) is 88.8 Å². The lowest BCUT2D eigenvalue weighted by molar-refractivity contribution is 0.219. The highest BCUT2D eigenvalue weighted by molar-refractivity contribution is 5.27. The van der Waals surface area contributed by atoms with Crippen LogP contribution in [0.25, 0.3) is 0 Å². The average molecular weight is 287 g/mol. The van der Waals surface area contributed by atoms with E-state index in [4.69, 9.17) is 10.7 Å². The van der Waals surface area contributed by atoms with Crippen molar-refractivity contribution in [2.75, 3.05) is 0 Å². The molecule has 0 amide bonds. The van der Waals surface area contributed by atoms with Crippen LogP contribution < -0.4 is 5.73 Å². The van der Waals surface area contributed by atoms with E-state index in [1.54, 1.807) is 0 Å². The maximum absolute atomic E-state index is 6.31. The second-order valence-corrected chi connectivity index (χ2v) is 8.72. The van der Waals surface area contributed by atoms with Crippen LogP contribution in [0.5, 0.6) is 0 Å². The van der Waals surface area contributed by atoms with Crippen LogP contribution in [0.15, 0.2) is 6.20 Å². The Morgan fingerprint density at radius 2 is 1.76 bits per heavy atom. The van der Waals surface area contributed by atoms with Crippen molar-refractivity contribution in [3.05, 3.63) is 23.3 Å². The number of fused-ring (bicyclic) bond motifs is 1. The molecule has 3 heteroatoms. The summed E-state index contributed by atoms with van der Waals surface area (Å²) in [6.45, 7) is 9.33. The van der Waals surface area contributed by atoms with E-state index in [0.29, 0.717) is 11.3 Å². The smallest absolute Gasteiger partial charge is 0.131 e. The normalized spacial score (nSPS) is 28.1. The van der Waals surface area contributed by atoms with Crippen LogP contribution in [0.3, 0.4) is 0 Å². The van der Waals surface area contributed by atoms with Gasteiger partial charge in [0.1, 0.15) is 5.82 Å². The Morgan fingerprint density at radius 1 is 1.10 bits per heavy atom. The highest BCUT2D eigenvalue weighted by Crippen LogP contribution is 2.43. The Balaban J connectivity index is 1.83. The molecule has 0 aromatic carbocycles. The fraction of sp³-hybridized carbons (Fsp3) is 0.778. The number of nitrogens with zero attached hydrogens (tertiary/aromatic N) is 2. The third-order valence-corrected chi connectivity index (χ3v) is 5.44. The van der Waals surface area contributed by atoms with Crippen LogP contribution in [-0.4, -0.2) is 9.97 Å². The fourth-order valence-electron chi connectivity index (χ4n) is 3.98. The highest BCUT2D eigenvalue weighted by Gasteiger charge is 2.33. The van der Waals surface area contributed by atoms with Gasteiger partial charge in [0.2, 0.25) is 0 Å². The zero-order valence-corrected chi connectivity index (χ0v) is 13.9. The summed E-state index contributed by atoms with van der Waals surface area (Å²) in [5.41, 5.74) is 9.44. The molecule has 0 radical (unpaired) electrons. The molecule has 0 bridgehead atoms. The van der Waals surface area contributed by atoms with Crippen molar-refractivity contribution in [1.29, 1.82) is 0 Å². The van der Waals surface area contributed by atoms with Crippen molar-refractivity contribution in [1.82, 2.24) is 9.97 Å². The molecule has 1 unspecified atom stereocenters. The first-order valence-electron chi connectivity index (χ1n) is 8.37. The number of aromatic nitrogens is 2. The van der Waals surface area contributed by atoms with Crippen LogP contribution >= 0.6 is 0 Å². The van der Waals surface area contributed by atoms with E-state index < -0.39 is 0 Å². The van der Waals surface area contributed by atoms with E-state index in [-0.39, 0.29) is 11.5 Å². The SMILES string of the molecule is CC1(C)CCC(c2ncc3c(n2)CC(C)(C)CC3N)CC1. The van der Waals surface area contributed by atoms with Gasteiger partial charge in [-0.25, -0.2) is 9.97 Å². The number of nitrogens with two attached hydrogens (primary N) is 1. The Kier molecular flexibility index (Phi) is 3.59. The molecule has 1 aromatic rings. The van der Waals surface area contributed by atoms with E-state index in [0.717, 1.165) is 18.7 Å². The molecule has 0 saturated heterocycles.